The molecule has 1 aromatic rings. The Labute approximate surface area is 138 Å². The van der Waals surface area contributed by atoms with Crippen LogP contribution in [0.2, 0.25) is 0 Å². The number of carbonyl (C=O) groups is 3. The molecule has 3 amide bonds. The number of benzene rings is 1. The van der Waals surface area contributed by atoms with Gasteiger partial charge in [0.2, 0.25) is 5.91 Å². The third-order valence-electron chi connectivity index (χ3n) is 3.15. The van der Waals surface area contributed by atoms with E-state index in [0.717, 1.165) is 0 Å². The number of primary amides is 1. The van der Waals surface area contributed by atoms with E-state index in [1.807, 2.05) is 0 Å². The summed E-state index contributed by atoms with van der Waals surface area (Å²) >= 11 is 0. The molecule has 0 aliphatic heterocycles. The maximum absolute atomic E-state index is 12.5. The second-order valence-electron chi connectivity index (χ2n) is 4.88. The number of hydrogen-bond donors (Lipinski definition) is 5. The van der Waals surface area contributed by atoms with Crippen LogP contribution in [-0.4, -0.2) is 77.4 Å². The Bertz CT molecular complexity index is 599. The molecule has 1 rings (SSSR count). The van der Waals surface area contributed by atoms with Crippen LogP contribution >= 0.6 is 0 Å². The van der Waals surface area contributed by atoms with Crippen molar-refractivity contribution in [2.75, 3.05) is 39.5 Å². The summed E-state index contributed by atoms with van der Waals surface area (Å²) in [6, 6.07) is 3.77. The van der Waals surface area contributed by atoms with E-state index in [0.29, 0.717) is 0 Å². The molecule has 0 atom stereocenters. The number of carbonyl (C=O) groups excluding carboxylic acids is 3. The van der Waals surface area contributed by atoms with Crippen molar-refractivity contribution in [2.24, 2.45) is 5.73 Å². The van der Waals surface area contributed by atoms with Gasteiger partial charge in [-0.3, -0.25) is 14.4 Å². The van der Waals surface area contributed by atoms with Gasteiger partial charge < -0.3 is 31.3 Å². The molecule has 6 N–H and O–H groups in total. The summed E-state index contributed by atoms with van der Waals surface area (Å²) in [5.74, 6) is -1.94. The zero-order valence-electron chi connectivity index (χ0n) is 13.1. The van der Waals surface area contributed by atoms with Gasteiger partial charge in [0.25, 0.3) is 11.8 Å². The van der Waals surface area contributed by atoms with Crippen molar-refractivity contribution in [3.63, 3.8) is 0 Å². The molecule has 0 saturated heterocycles. The predicted octanol–water partition coefficient (Wildman–Crippen LogP) is -2.07. The molecule has 24 heavy (non-hydrogen) atoms. The molecule has 0 spiro atoms. The number of nitrogens with one attached hydrogen (secondary N) is 1. The van der Waals surface area contributed by atoms with E-state index in [1.54, 1.807) is 0 Å². The zero-order chi connectivity index (χ0) is 18.1. The standard InChI is InChI=1S/C15H21N3O6/c16-13(22)10-7-11(14(23)17-1-4-19)9-12(8-10)15(24)18(2-5-20)3-6-21/h7-9,19-21H,1-6H2,(H2,16,22)(H,17,23). The highest BCUT2D eigenvalue weighted by Gasteiger charge is 2.19. The van der Waals surface area contributed by atoms with Gasteiger partial charge >= 0.3 is 0 Å². The highest BCUT2D eigenvalue weighted by molar-refractivity contribution is 6.04. The predicted molar refractivity (Wildman–Crippen MR) is 84.5 cm³/mol. The fourth-order valence-electron chi connectivity index (χ4n) is 2.03. The summed E-state index contributed by atoms with van der Waals surface area (Å²) in [5.41, 5.74) is 5.27. The molecular weight excluding hydrogens is 318 g/mol. The van der Waals surface area contributed by atoms with E-state index in [-0.39, 0.29) is 56.1 Å². The lowest BCUT2D eigenvalue weighted by molar-refractivity contribution is 0.0685. The lowest BCUT2D eigenvalue weighted by Gasteiger charge is -2.21. The first-order chi connectivity index (χ1) is 11.4. The molecule has 0 bridgehead atoms. The quantitative estimate of drug-likeness (QED) is 0.348. The van der Waals surface area contributed by atoms with Crippen LogP contribution in [0.25, 0.3) is 0 Å². The fraction of sp³-hybridized carbons (Fsp3) is 0.400. The van der Waals surface area contributed by atoms with Crippen LogP contribution in [0, 0.1) is 0 Å². The minimum atomic E-state index is -0.809. The number of nitrogens with two attached hydrogens (primary N) is 1. The second-order valence-corrected chi connectivity index (χ2v) is 4.88. The Morgan fingerprint density at radius 1 is 0.917 bits per heavy atom. The summed E-state index contributed by atoms with van der Waals surface area (Å²) in [5, 5.41) is 29.2. The van der Waals surface area contributed by atoms with Gasteiger partial charge in [0, 0.05) is 36.3 Å². The molecule has 0 aliphatic carbocycles. The molecule has 0 aliphatic rings. The minimum Gasteiger partial charge on any atom is -0.395 e. The normalized spacial score (nSPS) is 10.3. The third kappa shape index (κ3) is 5.30. The van der Waals surface area contributed by atoms with Crippen molar-refractivity contribution in [3.8, 4) is 0 Å². The lowest BCUT2D eigenvalue weighted by Crippen LogP contribution is -2.36. The van der Waals surface area contributed by atoms with Crippen molar-refractivity contribution >= 4 is 17.7 Å². The Hall–Kier alpha value is -2.49. The number of rotatable bonds is 9. The molecule has 0 unspecified atom stereocenters. The summed E-state index contributed by atoms with van der Waals surface area (Å²) in [6.07, 6.45) is 0. The van der Waals surface area contributed by atoms with Gasteiger partial charge in [-0.2, -0.15) is 0 Å². The van der Waals surface area contributed by atoms with E-state index in [4.69, 9.17) is 21.1 Å². The molecule has 9 heteroatoms. The van der Waals surface area contributed by atoms with Crippen molar-refractivity contribution in [2.45, 2.75) is 0 Å². The molecule has 0 aromatic heterocycles. The number of nitrogens with zero attached hydrogens (tertiary/aromatic N) is 1. The number of aliphatic hydroxyl groups excluding tert-OH is 3. The van der Waals surface area contributed by atoms with Crippen LogP contribution in [0.5, 0.6) is 0 Å². The fourth-order valence-corrected chi connectivity index (χ4v) is 2.03. The summed E-state index contributed by atoms with van der Waals surface area (Å²) in [7, 11) is 0. The first-order valence-electron chi connectivity index (χ1n) is 7.29. The smallest absolute Gasteiger partial charge is 0.254 e. The first kappa shape index (κ1) is 19.6. The van der Waals surface area contributed by atoms with Crippen molar-refractivity contribution in [1.82, 2.24) is 10.2 Å². The topological polar surface area (TPSA) is 153 Å². The van der Waals surface area contributed by atoms with Crippen LogP contribution in [0.4, 0.5) is 0 Å². The number of hydrogen-bond acceptors (Lipinski definition) is 6. The van der Waals surface area contributed by atoms with Gasteiger partial charge in [-0.05, 0) is 18.2 Å². The van der Waals surface area contributed by atoms with Gasteiger partial charge in [0.1, 0.15) is 0 Å². The average molecular weight is 339 g/mol. The molecule has 0 radical (unpaired) electrons. The van der Waals surface area contributed by atoms with Gasteiger partial charge in [0.15, 0.2) is 0 Å². The minimum absolute atomic E-state index is 0.00770. The lowest BCUT2D eigenvalue weighted by atomic mass is 10.0. The molecule has 0 saturated carbocycles. The highest BCUT2D eigenvalue weighted by atomic mass is 16.3. The van der Waals surface area contributed by atoms with E-state index in [1.165, 1.54) is 23.1 Å². The maximum Gasteiger partial charge on any atom is 0.254 e. The Kier molecular flexibility index (Phi) is 7.83. The van der Waals surface area contributed by atoms with Gasteiger partial charge in [-0.15, -0.1) is 0 Å². The van der Waals surface area contributed by atoms with Crippen molar-refractivity contribution in [1.29, 1.82) is 0 Å². The average Bonchev–Trinajstić information content (AvgIpc) is 2.58. The van der Waals surface area contributed by atoms with Gasteiger partial charge in [-0.25, -0.2) is 0 Å². The molecule has 9 nitrogen and oxygen atoms in total. The highest BCUT2D eigenvalue weighted by Crippen LogP contribution is 2.13. The Balaban J connectivity index is 3.20. The van der Waals surface area contributed by atoms with Crippen LogP contribution in [0.15, 0.2) is 18.2 Å². The van der Waals surface area contributed by atoms with Crippen molar-refractivity contribution in [3.05, 3.63) is 34.9 Å². The Morgan fingerprint density at radius 2 is 1.46 bits per heavy atom. The van der Waals surface area contributed by atoms with Crippen LogP contribution in [0.1, 0.15) is 31.1 Å². The monoisotopic (exact) mass is 339 g/mol. The summed E-state index contributed by atoms with van der Waals surface area (Å²) < 4.78 is 0. The first-order valence-corrected chi connectivity index (χ1v) is 7.29. The number of aliphatic hydroxyl groups is 3. The largest absolute Gasteiger partial charge is 0.395 e. The van der Waals surface area contributed by atoms with E-state index >= 15 is 0 Å². The van der Waals surface area contributed by atoms with Crippen molar-refractivity contribution < 1.29 is 29.7 Å². The molecule has 1 aromatic carbocycles. The van der Waals surface area contributed by atoms with Gasteiger partial charge in [0.05, 0.1) is 19.8 Å². The molecule has 0 heterocycles. The van der Waals surface area contributed by atoms with Gasteiger partial charge in [-0.1, -0.05) is 0 Å². The van der Waals surface area contributed by atoms with E-state index in [2.05, 4.69) is 5.32 Å². The third-order valence-corrected chi connectivity index (χ3v) is 3.15. The molecular formula is C15H21N3O6. The maximum atomic E-state index is 12.5. The summed E-state index contributed by atoms with van der Waals surface area (Å²) in [6.45, 7) is -0.855. The Morgan fingerprint density at radius 3 is 1.96 bits per heavy atom. The second kappa shape index (κ2) is 9.60. The summed E-state index contributed by atoms with van der Waals surface area (Å²) in [4.78, 5) is 37.1. The number of amides is 3. The zero-order valence-corrected chi connectivity index (χ0v) is 13.1. The van der Waals surface area contributed by atoms with Crippen LogP contribution < -0.4 is 11.1 Å². The SMILES string of the molecule is NC(=O)c1cc(C(=O)NCCO)cc(C(=O)N(CCO)CCO)c1. The van der Waals surface area contributed by atoms with Crippen LogP contribution in [0.3, 0.4) is 0 Å². The molecule has 132 valence electrons. The molecule has 0 fully saturated rings. The van der Waals surface area contributed by atoms with E-state index in [9.17, 15) is 14.4 Å². The van der Waals surface area contributed by atoms with E-state index < -0.39 is 17.7 Å². The van der Waals surface area contributed by atoms with Crippen LogP contribution in [-0.2, 0) is 0 Å².